The molecule has 0 radical (unpaired) electrons. The monoisotopic (exact) mass is 360 g/mol. The van der Waals surface area contributed by atoms with E-state index in [2.05, 4.69) is 10.5 Å². The topological polar surface area (TPSA) is 56.5 Å². The molecule has 5 nitrogen and oxygen atoms in total. The number of hydrogen-bond donors (Lipinski definition) is 1. The molecule has 1 saturated heterocycles. The highest BCUT2D eigenvalue weighted by Gasteiger charge is 2.28. The minimum Gasteiger partial charge on any atom is -0.364 e. The molecule has 2 heterocycles. The SMILES string of the molecule is C[C@@H](Cc1ccccc1)Nc1noc2c(F)c(F)c(C3OCCO3)cc12. The van der Waals surface area contributed by atoms with Gasteiger partial charge in [0.1, 0.15) is 0 Å². The number of rotatable bonds is 5. The normalized spacial score (nSPS) is 16.3. The summed E-state index contributed by atoms with van der Waals surface area (Å²) in [5, 5.41) is 7.43. The molecule has 26 heavy (non-hydrogen) atoms. The Balaban J connectivity index is 1.63. The first-order valence-corrected chi connectivity index (χ1v) is 8.44. The Morgan fingerprint density at radius 1 is 1.15 bits per heavy atom. The molecular formula is C19H18F2N2O3. The summed E-state index contributed by atoms with van der Waals surface area (Å²) in [6, 6.07) is 11.4. The number of aromatic nitrogens is 1. The number of halogens is 2. The van der Waals surface area contributed by atoms with Gasteiger partial charge < -0.3 is 19.3 Å². The van der Waals surface area contributed by atoms with E-state index >= 15 is 0 Å². The highest BCUT2D eigenvalue weighted by atomic mass is 19.2. The molecule has 1 fully saturated rings. The summed E-state index contributed by atoms with van der Waals surface area (Å²) in [7, 11) is 0. The van der Waals surface area contributed by atoms with Gasteiger partial charge in [-0.1, -0.05) is 35.5 Å². The molecule has 0 saturated carbocycles. The minimum atomic E-state index is -1.09. The van der Waals surface area contributed by atoms with Crippen molar-refractivity contribution >= 4 is 16.8 Å². The summed E-state index contributed by atoms with van der Waals surface area (Å²) in [5.41, 5.74) is 0.944. The van der Waals surface area contributed by atoms with Crippen LogP contribution < -0.4 is 5.32 Å². The van der Waals surface area contributed by atoms with Crippen LogP contribution in [0.4, 0.5) is 14.6 Å². The summed E-state index contributed by atoms with van der Waals surface area (Å²) in [5.74, 6) is -1.76. The maximum atomic E-state index is 14.4. The van der Waals surface area contributed by atoms with E-state index in [1.165, 1.54) is 6.07 Å². The Bertz CT molecular complexity index is 908. The van der Waals surface area contributed by atoms with Gasteiger partial charge in [0, 0.05) is 11.6 Å². The number of fused-ring (bicyclic) bond motifs is 1. The van der Waals surface area contributed by atoms with Crippen LogP contribution in [0.1, 0.15) is 24.3 Å². The van der Waals surface area contributed by atoms with Gasteiger partial charge in [0.15, 0.2) is 17.9 Å². The zero-order valence-electron chi connectivity index (χ0n) is 14.2. The van der Waals surface area contributed by atoms with Crippen LogP contribution in [-0.2, 0) is 15.9 Å². The van der Waals surface area contributed by atoms with Gasteiger partial charge in [-0.25, -0.2) is 4.39 Å². The standard InChI is InChI=1S/C19H18F2N2O3/c1-11(9-12-5-3-2-4-6-12)22-18-14-10-13(19-24-7-8-25-19)15(20)16(21)17(14)26-23-18/h2-6,10-11,19H,7-9H2,1H3,(H,22,23)/t11-/m0/s1. The van der Waals surface area contributed by atoms with Gasteiger partial charge in [0.05, 0.1) is 18.6 Å². The molecule has 0 bridgehead atoms. The Kier molecular flexibility index (Phi) is 4.57. The van der Waals surface area contributed by atoms with E-state index in [-0.39, 0.29) is 17.2 Å². The molecule has 1 aliphatic heterocycles. The number of hydrogen-bond acceptors (Lipinski definition) is 5. The van der Waals surface area contributed by atoms with Gasteiger partial charge in [0.25, 0.3) is 0 Å². The maximum absolute atomic E-state index is 14.4. The van der Waals surface area contributed by atoms with E-state index in [9.17, 15) is 8.78 Å². The first-order valence-electron chi connectivity index (χ1n) is 8.44. The summed E-state index contributed by atoms with van der Waals surface area (Å²) in [6.07, 6.45) is -0.168. The van der Waals surface area contributed by atoms with Gasteiger partial charge in [-0.2, -0.15) is 4.39 Å². The van der Waals surface area contributed by atoms with Crippen LogP contribution in [-0.4, -0.2) is 24.4 Å². The van der Waals surface area contributed by atoms with Crippen LogP contribution in [0.15, 0.2) is 40.9 Å². The first kappa shape index (κ1) is 16.9. The average molecular weight is 360 g/mol. The van der Waals surface area contributed by atoms with Crippen molar-refractivity contribution in [2.45, 2.75) is 25.7 Å². The maximum Gasteiger partial charge on any atom is 0.207 e. The molecular weight excluding hydrogens is 342 g/mol. The molecule has 1 aliphatic rings. The van der Waals surface area contributed by atoms with E-state index in [1.807, 2.05) is 37.3 Å². The largest absolute Gasteiger partial charge is 0.364 e. The zero-order chi connectivity index (χ0) is 18.1. The van der Waals surface area contributed by atoms with Crippen LogP contribution in [0.3, 0.4) is 0 Å². The van der Waals surface area contributed by atoms with E-state index in [4.69, 9.17) is 14.0 Å². The van der Waals surface area contributed by atoms with Gasteiger partial charge in [-0.15, -0.1) is 0 Å². The fourth-order valence-electron chi connectivity index (χ4n) is 3.10. The van der Waals surface area contributed by atoms with Crippen molar-refractivity contribution in [3.8, 4) is 0 Å². The third-order valence-corrected chi connectivity index (χ3v) is 4.32. The minimum absolute atomic E-state index is 0.00876. The summed E-state index contributed by atoms with van der Waals surface area (Å²) < 4.78 is 44.3. The van der Waals surface area contributed by atoms with Crippen molar-refractivity contribution in [1.82, 2.24) is 5.16 Å². The molecule has 2 aromatic carbocycles. The van der Waals surface area contributed by atoms with Gasteiger partial charge in [-0.3, -0.25) is 0 Å². The smallest absolute Gasteiger partial charge is 0.207 e. The molecule has 0 unspecified atom stereocenters. The Labute approximate surface area is 148 Å². The molecule has 4 rings (SSSR count). The van der Waals surface area contributed by atoms with Crippen LogP contribution in [0.2, 0.25) is 0 Å². The Morgan fingerprint density at radius 3 is 2.62 bits per heavy atom. The van der Waals surface area contributed by atoms with E-state index in [0.717, 1.165) is 12.0 Å². The summed E-state index contributed by atoms with van der Waals surface area (Å²) in [4.78, 5) is 0. The fraction of sp³-hybridized carbons (Fsp3) is 0.316. The molecule has 0 aliphatic carbocycles. The second-order valence-electron chi connectivity index (χ2n) is 6.31. The van der Waals surface area contributed by atoms with Crippen LogP contribution in [0, 0.1) is 11.6 Å². The molecule has 1 atom stereocenters. The third kappa shape index (κ3) is 3.15. The van der Waals surface area contributed by atoms with Gasteiger partial charge in [-0.05, 0) is 25.0 Å². The van der Waals surface area contributed by atoms with E-state index < -0.39 is 17.9 Å². The molecule has 0 spiro atoms. The van der Waals surface area contributed by atoms with E-state index in [0.29, 0.717) is 24.4 Å². The number of anilines is 1. The second-order valence-corrected chi connectivity index (χ2v) is 6.31. The Morgan fingerprint density at radius 2 is 1.88 bits per heavy atom. The molecule has 136 valence electrons. The van der Waals surface area contributed by atoms with Crippen molar-refractivity contribution in [1.29, 1.82) is 0 Å². The van der Waals surface area contributed by atoms with Gasteiger partial charge in [0.2, 0.25) is 11.4 Å². The van der Waals surface area contributed by atoms with E-state index in [1.54, 1.807) is 0 Å². The van der Waals surface area contributed by atoms with Crippen molar-refractivity contribution in [3.05, 3.63) is 59.2 Å². The predicted octanol–water partition coefficient (Wildman–Crippen LogP) is 4.19. The predicted molar refractivity (Wildman–Crippen MR) is 91.8 cm³/mol. The lowest BCUT2D eigenvalue weighted by molar-refractivity contribution is -0.0467. The molecule has 0 amide bonds. The zero-order valence-corrected chi connectivity index (χ0v) is 14.2. The molecule has 7 heteroatoms. The molecule has 1 N–H and O–H groups in total. The highest BCUT2D eigenvalue weighted by Crippen LogP contribution is 2.34. The third-order valence-electron chi connectivity index (χ3n) is 4.32. The lowest BCUT2D eigenvalue weighted by Crippen LogP contribution is -2.18. The highest BCUT2D eigenvalue weighted by molar-refractivity contribution is 5.89. The molecule has 3 aromatic rings. The van der Waals surface area contributed by atoms with Crippen molar-refractivity contribution < 1.29 is 22.8 Å². The summed E-state index contributed by atoms with van der Waals surface area (Å²) >= 11 is 0. The number of benzene rings is 2. The van der Waals surface area contributed by atoms with Crippen LogP contribution >= 0.6 is 0 Å². The number of ether oxygens (including phenoxy) is 2. The van der Waals surface area contributed by atoms with Crippen LogP contribution in [0.25, 0.3) is 11.0 Å². The van der Waals surface area contributed by atoms with Crippen molar-refractivity contribution in [3.63, 3.8) is 0 Å². The second kappa shape index (κ2) is 7.01. The quantitative estimate of drug-likeness (QED) is 0.739. The van der Waals surface area contributed by atoms with Gasteiger partial charge >= 0.3 is 0 Å². The lowest BCUT2D eigenvalue weighted by atomic mass is 10.1. The number of nitrogens with zero attached hydrogens (tertiary/aromatic N) is 1. The first-order chi connectivity index (χ1) is 12.6. The Hall–Kier alpha value is -2.51. The van der Waals surface area contributed by atoms with Crippen molar-refractivity contribution in [2.24, 2.45) is 0 Å². The summed E-state index contributed by atoms with van der Waals surface area (Å²) in [6.45, 7) is 2.66. The van der Waals surface area contributed by atoms with Crippen molar-refractivity contribution in [2.75, 3.05) is 18.5 Å². The lowest BCUT2D eigenvalue weighted by Gasteiger charge is -2.14. The molecule has 1 aromatic heterocycles. The number of nitrogens with one attached hydrogen (secondary N) is 1. The van der Waals surface area contributed by atoms with Crippen LogP contribution in [0.5, 0.6) is 0 Å². The fourth-order valence-corrected chi connectivity index (χ4v) is 3.10. The average Bonchev–Trinajstić information content (AvgIpc) is 3.29.